The highest BCUT2D eigenvalue weighted by molar-refractivity contribution is 6.30. The van der Waals surface area contributed by atoms with Crippen molar-refractivity contribution in [2.45, 2.75) is 6.92 Å². The number of halogens is 1. The average molecular weight is 197 g/mol. The van der Waals surface area contributed by atoms with Crippen LogP contribution in [0.5, 0.6) is 5.75 Å². The van der Waals surface area contributed by atoms with Gasteiger partial charge in [0.05, 0.1) is 0 Å². The molecule has 0 aliphatic heterocycles. The molecular formula is C10H9ClO2. The number of esters is 1. The Morgan fingerprint density at radius 2 is 1.92 bits per heavy atom. The predicted octanol–water partition coefficient (Wildman–Crippen LogP) is 2.82. The third kappa shape index (κ3) is 2.92. The van der Waals surface area contributed by atoms with E-state index in [1.807, 2.05) is 0 Å². The minimum absolute atomic E-state index is 0.370. The SMILES string of the molecule is C=C(C)C(=O)Oc1ccc(Cl)cc1. The molecule has 13 heavy (non-hydrogen) atoms. The van der Waals surface area contributed by atoms with Gasteiger partial charge in [-0.25, -0.2) is 4.79 Å². The van der Waals surface area contributed by atoms with Gasteiger partial charge in [0.1, 0.15) is 5.75 Å². The summed E-state index contributed by atoms with van der Waals surface area (Å²) >= 11 is 5.65. The van der Waals surface area contributed by atoms with Crippen LogP contribution < -0.4 is 4.74 Å². The fraction of sp³-hybridized carbons (Fsp3) is 0.100. The third-order valence-corrected chi connectivity index (χ3v) is 1.62. The monoisotopic (exact) mass is 196 g/mol. The van der Waals surface area contributed by atoms with E-state index in [0.717, 1.165) is 0 Å². The fourth-order valence-electron chi connectivity index (χ4n) is 0.697. The summed E-state index contributed by atoms with van der Waals surface area (Å²) in [4.78, 5) is 11.0. The predicted molar refractivity (Wildman–Crippen MR) is 51.9 cm³/mol. The Balaban J connectivity index is 2.70. The van der Waals surface area contributed by atoms with Crippen LogP contribution in [0.2, 0.25) is 5.02 Å². The van der Waals surface area contributed by atoms with Gasteiger partial charge in [0.25, 0.3) is 0 Å². The molecule has 0 saturated carbocycles. The Morgan fingerprint density at radius 1 is 1.38 bits per heavy atom. The van der Waals surface area contributed by atoms with Crippen LogP contribution in [0, 0.1) is 0 Å². The maximum atomic E-state index is 11.0. The van der Waals surface area contributed by atoms with Crippen molar-refractivity contribution in [2.24, 2.45) is 0 Å². The van der Waals surface area contributed by atoms with Crippen LogP contribution in [-0.2, 0) is 4.79 Å². The molecule has 2 nitrogen and oxygen atoms in total. The van der Waals surface area contributed by atoms with Crippen LogP contribution >= 0.6 is 11.6 Å². The lowest BCUT2D eigenvalue weighted by atomic mass is 10.3. The maximum Gasteiger partial charge on any atom is 0.338 e. The van der Waals surface area contributed by atoms with E-state index >= 15 is 0 Å². The summed E-state index contributed by atoms with van der Waals surface area (Å²) in [7, 11) is 0. The molecule has 0 spiro atoms. The average Bonchev–Trinajstić information content (AvgIpc) is 2.08. The number of rotatable bonds is 2. The Bertz CT molecular complexity index is 327. The van der Waals surface area contributed by atoms with Gasteiger partial charge < -0.3 is 4.74 Å². The zero-order valence-electron chi connectivity index (χ0n) is 7.21. The molecule has 0 amide bonds. The summed E-state index contributed by atoms with van der Waals surface area (Å²) in [6.07, 6.45) is 0. The summed E-state index contributed by atoms with van der Waals surface area (Å²) in [5, 5.41) is 0.607. The van der Waals surface area contributed by atoms with E-state index in [0.29, 0.717) is 16.3 Å². The smallest absolute Gasteiger partial charge is 0.338 e. The minimum atomic E-state index is -0.428. The molecule has 68 valence electrons. The van der Waals surface area contributed by atoms with E-state index in [9.17, 15) is 4.79 Å². The van der Waals surface area contributed by atoms with Gasteiger partial charge in [-0.1, -0.05) is 18.2 Å². The molecule has 0 bridgehead atoms. The number of hydrogen-bond acceptors (Lipinski definition) is 2. The molecule has 1 aromatic rings. The lowest BCUT2D eigenvalue weighted by molar-refractivity contribution is -0.130. The van der Waals surface area contributed by atoms with E-state index in [1.54, 1.807) is 31.2 Å². The molecule has 0 aromatic heterocycles. The van der Waals surface area contributed by atoms with Crippen LogP contribution in [0.4, 0.5) is 0 Å². The number of carbonyl (C=O) groups excluding carboxylic acids is 1. The number of hydrogen-bond donors (Lipinski definition) is 0. The molecule has 0 aliphatic rings. The Labute approximate surface area is 81.8 Å². The van der Waals surface area contributed by atoms with Crippen LogP contribution in [0.1, 0.15) is 6.92 Å². The van der Waals surface area contributed by atoms with Crippen molar-refractivity contribution in [1.29, 1.82) is 0 Å². The Morgan fingerprint density at radius 3 is 2.38 bits per heavy atom. The largest absolute Gasteiger partial charge is 0.423 e. The summed E-state index contributed by atoms with van der Waals surface area (Å²) in [5.41, 5.74) is 0.370. The van der Waals surface area contributed by atoms with Crippen molar-refractivity contribution >= 4 is 17.6 Å². The van der Waals surface area contributed by atoms with Crippen molar-refractivity contribution in [3.05, 3.63) is 41.4 Å². The van der Waals surface area contributed by atoms with E-state index in [4.69, 9.17) is 16.3 Å². The number of carbonyl (C=O) groups is 1. The highest BCUT2D eigenvalue weighted by Gasteiger charge is 2.04. The van der Waals surface area contributed by atoms with Gasteiger partial charge in [0.15, 0.2) is 0 Å². The normalized spacial score (nSPS) is 9.38. The number of ether oxygens (including phenoxy) is 1. The van der Waals surface area contributed by atoms with E-state index in [-0.39, 0.29) is 0 Å². The van der Waals surface area contributed by atoms with Crippen molar-refractivity contribution in [1.82, 2.24) is 0 Å². The van der Waals surface area contributed by atoms with Gasteiger partial charge in [-0.05, 0) is 31.2 Å². The summed E-state index contributed by atoms with van der Waals surface area (Å²) in [5.74, 6) is 0.0414. The van der Waals surface area contributed by atoms with Gasteiger partial charge in [0.2, 0.25) is 0 Å². The second kappa shape index (κ2) is 4.10. The molecule has 0 saturated heterocycles. The standard InChI is InChI=1S/C10H9ClO2/c1-7(2)10(12)13-9-5-3-8(11)4-6-9/h3-6H,1H2,2H3. The van der Waals surface area contributed by atoms with Gasteiger partial charge in [-0.3, -0.25) is 0 Å². The Hall–Kier alpha value is -1.28. The lowest BCUT2D eigenvalue weighted by Crippen LogP contribution is -2.07. The van der Waals surface area contributed by atoms with Crippen LogP contribution in [0.15, 0.2) is 36.4 Å². The van der Waals surface area contributed by atoms with Gasteiger partial charge >= 0.3 is 5.97 Å². The quantitative estimate of drug-likeness (QED) is 0.413. The molecule has 3 heteroatoms. The number of benzene rings is 1. The molecule has 0 aliphatic carbocycles. The topological polar surface area (TPSA) is 26.3 Å². The van der Waals surface area contributed by atoms with Crippen molar-refractivity contribution in [3.63, 3.8) is 0 Å². The molecular weight excluding hydrogens is 188 g/mol. The summed E-state index contributed by atoms with van der Waals surface area (Å²) < 4.78 is 4.93. The highest BCUT2D eigenvalue weighted by atomic mass is 35.5. The van der Waals surface area contributed by atoms with Gasteiger partial charge in [-0.2, -0.15) is 0 Å². The highest BCUT2D eigenvalue weighted by Crippen LogP contribution is 2.16. The molecule has 0 unspecified atom stereocenters. The zero-order chi connectivity index (χ0) is 9.84. The van der Waals surface area contributed by atoms with Crippen LogP contribution in [-0.4, -0.2) is 5.97 Å². The van der Waals surface area contributed by atoms with Crippen LogP contribution in [0.25, 0.3) is 0 Å². The van der Waals surface area contributed by atoms with E-state index in [1.165, 1.54) is 0 Å². The van der Waals surface area contributed by atoms with E-state index < -0.39 is 5.97 Å². The molecule has 0 fully saturated rings. The molecule has 0 heterocycles. The van der Waals surface area contributed by atoms with Crippen molar-refractivity contribution < 1.29 is 9.53 Å². The van der Waals surface area contributed by atoms with E-state index in [2.05, 4.69) is 6.58 Å². The molecule has 1 aromatic carbocycles. The summed E-state index contributed by atoms with van der Waals surface area (Å²) in [6.45, 7) is 5.06. The van der Waals surface area contributed by atoms with Crippen LogP contribution in [0.3, 0.4) is 0 Å². The second-order valence-electron chi connectivity index (χ2n) is 2.62. The first-order chi connectivity index (χ1) is 6.09. The second-order valence-corrected chi connectivity index (χ2v) is 3.06. The first-order valence-corrected chi connectivity index (χ1v) is 4.10. The third-order valence-electron chi connectivity index (χ3n) is 1.37. The minimum Gasteiger partial charge on any atom is -0.423 e. The first kappa shape index (κ1) is 9.81. The molecule has 0 N–H and O–H groups in total. The summed E-state index contributed by atoms with van der Waals surface area (Å²) in [6, 6.07) is 6.57. The molecule has 0 atom stereocenters. The van der Waals surface area contributed by atoms with Gasteiger partial charge in [0, 0.05) is 10.6 Å². The lowest BCUT2D eigenvalue weighted by Gasteiger charge is -2.02. The molecule has 1 rings (SSSR count). The van der Waals surface area contributed by atoms with Crippen molar-refractivity contribution in [2.75, 3.05) is 0 Å². The fourth-order valence-corrected chi connectivity index (χ4v) is 0.823. The zero-order valence-corrected chi connectivity index (χ0v) is 7.97. The molecule has 0 radical (unpaired) electrons. The first-order valence-electron chi connectivity index (χ1n) is 3.73. The van der Waals surface area contributed by atoms with Gasteiger partial charge in [-0.15, -0.1) is 0 Å². The maximum absolute atomic E-state index is 11.0. The Kier molecular flexibility index (Phi) is 3.09. The van der Waals surface area contributed by atoms with Crippen molar-refractivity contribution in [3.8, 4) is 5.75 Å².